The Balaban J connectivity index is 1.94. The predicted octanol–water partition coefficient (Wildman–Crippen LogP) is -0.708. The Labute approximate surface area is 67.1 Å². The predicted molar refractivity (Wildman–Crippen MR) is 43.0 cm³/mol. The zero-order valence-corrected chi connectivity index (χ0v) is 6.79. The van der Waals surface area contributed by atoms with E-state index in [1.807, 2.05) is 0 Å². The van der Waals surface area contributed by atoms with E-state index in [2.05, 4.69) is 9.80 Å². The summed E-state index contributed by atoms with van der Waals surface area (Å²) in [7, 11) is 0. The van der Waals surface area contributed by atoms with Crippen molar-refractivity contribution >= 4 is 0 Å². The van der Waals surface area contributed by atoms with Gasteiger partial charge in [-0.3, -0.25) is 9.80 Å². The second-order valence-electron chi connectivity index (χ2n) is 4.60. The summed E-state index contributed by atoms with van der Waals surface area (Å²) in [6.45, 7) is 6.06. The number of piperidine rings is 2. The lowest BCUT2D eigenvalue weighted by Crippen LogP contribution is -2.73. The highest BCUT2D eigenvalue weighted by atomic mass is 15.4. The first-order chi connectivity index (χ1) is 5.23. The second-order valence-corrected chi connectivity index (χ2v) is 4.60. The summed E-state index contributed by atoms with van der Waals surface area (Å²) in [5, 5.41) is 0. The molecule has 4 aliphatic heterocycles. The van der Waals surface area contributed by atoms with E-state index in [1.165, 1.54) is 26.2 Å². The van der Waals surface area contributed by atoms with Crippen LogP contribution < -0.4 is 5.73 Å². The van der Waals surface area contributed by atoms with Crippen LogP contribution in [0.3, 0.4) is 0 Å². The van der Waals surface area contributed by atoms with Crippen molar-refractivity contribution in [1.29, 1.82) is 0 Å². The van der Waals surface area contributed by atoms with Crippen molar-refractivity contribution in [3.8, 4) is 0 Å². The van der Waals surface area contributed by atoms with Gasteiger partial charge in [-0.25, -0.2) is 0 Å². The Kier molecular flexibility index (Phi) is 1.04. The fourth-order valence-corrected chi connectivity index (χ4v) is 3.19. The summed E-state index contributed by atoms with van der Waals surface area (Å²) in [6.07, 6.45) is 1.26. The Morgan fingerprint density at radius 2 is 1.82 bits per heavy atom. The van der Waals surface area contributed by atoms with Crippen molar-refractivity contribution in [3.63, 3.8) is 0 Å². The van der Waals surface area contributed by atoms with Crippen molar-refractivity contribution < 1.29 is 0 Å². The fraction of sp³-hybridized carbons (Fsp3) is 1.00. The molecule has 0 aromatic carbocycles. The Morgan fingerprint density at radius 3 is 2.27 bits per heavy atom. The van der Waals surface area contributed by atoms with Gasteiger partial charge in [-0.15, -0.1) is 0 Å². The van der Waals surface area contributed by atoms with E-state index in [-0.39, 0.29) is 5.54 Å². The summed E-state index contributed by atoms with van der Waals surface area (Å²) in [5.41, 5.74) is 6.39. The van der Waals surface area contributed by atoms with Crippen LogP contribution in [0.4, 0.5) is 0 Å². The maximum absolute atomic E-state index is 6.24. The van der Waals surface area contributed by atoms with Crippen LogP contribution in [0.25, 0.3) is 0 Å². The smallest absolute Gasteiger partial charge is 0.0507 e. The van der Waals surface area contributed by atoms with Gasteiger partial charge in [-0.05, 0) is 12.3 Å². The van der Waals surface area contributed by atoms with Crippen LogP contribution in [0.2, 0.25) is 0 Å². The van der Waals surface area contributed by atoms with Crippen LogP contribution in [0.15, 0.2) is 0 Å². The van der Waals surface area contributed by atoms with Gasteiger partial charge < -0.3 is 5.73 Å². The molecule has 4 bridgehead atoms. The monoisotopic (exact) mass is 153 g/mol. The lowest BCUT2D eigenvalue weighted by Gasteiger charge is -2.58. The quantitative estimate of drug-likeness (QED) is 0.499. The minimum Gasteiger partial charge on any atom is -0.323 e. The van der Waals surface area contributed by atoms with E-state index in [1.54, 1.807) is 0 Å². The average molecular weight is 153 g/mol. The van der Waals surface area contributed by atoms with Crippen LogP contribution in [0.1, 0.15) is 6.42 Å². The second kappa shape index (κ2) is 1.79. The molecule has 0 spiro atoms. The topological polar surface area (TPSA) is 32.5 Å². The van der Waals surface area contributed by atoms with Crippen LogP contribution >= 0.6 is 0 Å². The van der Waals surface area contributed by atoms with Gasteiger partial charge in [0.15, 0.2) is 0 Å². The summed E-state index contributed by atoms with van der Waals surface area (Å²) < 4.78 is 0. The normalized spacial score (nSPS) is 60.3. The maximum atomic E-state index is 6.24. The first kappa shape index (κ1) is 6.40. The van der Waals surface area contributed by atoms with Crippen molar-refractivity contribution in [2.45, 2.75) is 12.0 Å². The zero-order valence-electron chi connectivity index (χ0n) is 6.79. The van der Waals surface area contributed by atoms with E-state index < -0.39 is 0 Å². The minimum absolute atomic E-state index is 0.152. The SMILES string of the molecule is NC12CC3CN(CN(C3)C1)C2. The minimum atomic E-state index is 0.152. The average Bonchev–Trinajstić information content (AvgIpc) is 1.79. The molecular weight excluding hydrogens is 138 g/mol. The van der Waals surface area contributed by atoms with Gasteiger partial charge >= 0.3 is 0 Å². The van der Waals surface area contributed by atoms with Crippen molar-refractivity contribution in [3.05, 3.63) is 0 Å². The molecule has 62 valence electrons. The van der Waals surface area contributed by atoms with E-state index in [0.717, 1.165) is 19.0 Å². The van der Waals surface area contributed by atoms with Crippen molar-refractivity contribution in [2.75, 3.05) is 32.8 Å². The van der Waals surface area contributed by atoms with Gasteiger partial charge in [0.05, 0.1) is 6.67 Å². The molecule has 0 aliphatic carbocycles. The first-order valence-electron chi connectivity index (χ1n) is 4.47. The van der Waals surface area contributed by atoms with Gasteiger partial charge in [0, 0.05) is 31.7 Å². The molecule has 0 radical (unpaired) electrons. The molecule has 2 N–H and O–H groups in total. The highest BCUT2D eigenvalue weighted by molar-refractivity contribution is 5.04. The molecule has 4 saturated heterocycles. The zero-order chi connectivity index (χ0) is 7.47. The molecule has 3 nitrogen and oxygen atoms in total. The summed E-state index contributed by atoms with van der Waals surface area (Å²) in [4.78, 5) is 5.00. The third-order valence-electron chi connectivity index (χ3n) is 3.20. The summed E-state index contributed by atoms with van der Waals surface area (Å²) >= 11 is 0. The molecule has 2 atom stereocenters. The van der Waals surface area contributed by atoms with Crippen LogP contribution in [-0.4, -0.2) is 48.2 Å². The molecule has 3 heteroatoms. The molecule has 4 fully saturated rings. The van der Waals surface area contributed by atoms with Crippen LogP contribution in [0.5, 0.6) is 0 Å². The van der Waals surface area contributed by atoms with Crippen LogP contribution in [0, 0.1) is 5.92 Å². The molecular formula is C8H15N3. The van der Waals surface area contributed by atoms with Gasteiger partial charge in [0.25, 0.3) is 0 Å². The number of hydrogen-bond donors (Lipinski definition) is 1. The highest BCUT2D eigenvalue weighted by Crippen LogP contribution is 2.34. The van der Waals surface area contributed by atoms with Gasteiger partial charge in [-0.2, -0.15) is 0 Å². The third-order valence-corrected chi connectivity index (χ3v) is 3.20. The molecule has 2 unspecified atom stereocenters. The largest absolute Gasteiger partial charge is 0.323 e. The standard InChI is InChI=1S/C8H15N3/c9-8-1-7-2-10(4-8)6-11(3-7)5-8/h7H,1-6,9H2. The Hall–Kier alpha value is -0.120. The van der Waals surface area contributed by atoms with Crippen molar-refractivity contribution in [1.82, 2.24) is 9.80 Å². The molecule has 4 aliphatic rings. The molecule has 0 aromatic rings. The fourth-order valence-electron chi connectivity index (χ4n) is 3.19. The van der Waals surface area contributed by atoms with E-state index in [9.17, 15) is 0 Å². The number of hydrogen-bond acceptors (Lipinski definition) is 3. The molecule has 0 aromatic heterocycles. The Bertz CT molecular complexity index is 154. The highest BCUT2D eigenvalue weighted by Gasteiger charge is 2.46. The van der Waals surface area contributed by atoms with E-state index >= 15 is 0 Å². The first-order valence-corrected chi connectivity index (χ1v) is 4.47. The van der Waals surface area contributed by atoms with E-state index in [0.29, 0.717) is 0 Å². The summed E-state index contributed by atoms with van der Waals surface area (Å²) in [6, 6.07) is 0. The van der Waals surface area contributed by atoms with Gasteiger partial charge in [-0.1, -0.05) is 0 Å². The maximum Gasteiger partial charge on any atom is 0.0507 e. The number of rotatable bonds is 0. The molecule has 0 amide bonds. The molecule has 4 heterocycles. The van der Waals surface area contributed by atoms with Crippen LogP contribution in [-0.2, 0) is 0 Å². The molecule has 4 rings (SSSR count). The molecule has 11 heavy (non-hydrogen) atoms. The number of nitrogens with zero attached hydrogens (tertiary/aromatic N) is 2. The Morgan fingerprint density at radius 1 is 1.18 bits per heavy atom. The van der Waals surface area contributed by atoms with Crippen molar-refractivity contribution in [2.24, 2.45) is 11.7 Å². The van der Waals surface area contributed by atoms with Gasteiger partial charge in [0.1, 0.15) is 0 Å². The lowest BCUT2D eigenvalue weighted by molar-refractivity contribution is -0.0818. The third kappa shape index (κ3) is 0.849. The number of nitrogens with two attached hydrogens (primary N) is 1. The van der Waals surface area contributed by atoms with Gasteiger partial charge in [0.2, 0.25) is 0 Å². The lowest BCUT2D eigenvalue weighted by atomic mass is 9.77. The molecule has 0 saturated carbocycles. The summed E-state index contributed by atoms with van der Waals surface area (Å²) in [5.74, 6) is 0.872. The van der Waals surface area contributed by atoms with E-state index in [4.69, 9.17) is 5.73 Å².